The molecule has 1 unspecified atom stereocenters. The highest BCUT2D eigenvalue weighted by atomic mass is 35.5. The van der Waals surface area contributed by atoms with Crippen molar-refractivity contribution in [2.45, 2.75) is 31.5 Å². The van der Waals surface area contributed by atoms with E-state index in [0.29, 0.717) is 26.9 Å². The number of hydrogen-bond acceptors (Lipinski definition) is 3. The van der Waals surface area contributed by atoms with Gasteiger partial charge in [0.15, 0.2) is 0 Å². The average Bonchev–Trinajstić information content (AvgIpc) is 2.55. The van der Waals surface area contributed by atoms with Gasteiger partial charge in [-0.25, -0.2) is 0 Å². The molecule has 6 heteroatoms. The number of halogens is 2. The fourth-order valence-electron chi connectivity index (χ4n) is 2.60. The molecule has 1 amide bonds. The van der Waals surface area contributed by atoms with Crippen molar-refractivity contribution in [3.63, 3.8) is 0 Å². The van der Waals surface area contributed by atoms with Crippen LogP contribution in [0.15, 0.2) is 42.5 Å². The number of aliphatic hydroxyl groups is 1. The molecule has 4 nitrogen and oxygen atoms in total. The van der Waals surface area contributed by atoms with Crippen molar-refractivity contribution in [2.75, 3.05) is 6.54 Å². The fraction of sp³-hybridized carbons (Fsp3) is 0.316. The van der Waals surface area contributed by atoms with Crippen molar-refractivity contribution in [1.82, 2.24) is 5.32 Å². The first-order valence-corrected chi connectivity index (χ1v) is 8.96. The van der Waals surface area contributed by atoms with Gasteiger partial charge in [0.2, 0.25) is 0 Å². The zero-order valence-corrected chi connectivity index (χ0v) is 15.1. The van der Waals surface area contributed by atoms with Crippen molar-refractivity contribution < 1.29 is 14.6 Å². The Morgan fingerprint density at radius 3 is 2.52 bits per heavy atom. The van der Waals surface area contributed by atoms with Crippen LogP contribution in [0.2, 0.25) is 10.0 Å². The van der Waals surface area contributed by atoms with Gasteiger partial charge in [0.25, 0.3) is 5.91 Å². The minimum Gasteiger partial charge on any atom is -0.490 e. The van der Waals surface area contributed by atoms with Crippen LogP contribution in [-0.2, 0) is 0 Å². The van der Waals surface area contributed by atoms with E-state index in [1.54, 1.807) is 36.4 Å². The Labute approximate surface area is 156 Å². The lowest BCUT2D eigenvalue weighted by Crippen LogP contribution is -2.30. The van der Waals surface area contributed by atoms with Crippen molar-refractivity contribution in [3.8, 4) is 5.75 Å². The van der Waals surface area contributed by atoms with E-state index in [9.17, 15) is 9.90 Å². The maximum Gasteiger partial charge on any atom is 0.255 e. The summed E-state index contributed by atoms with van der Waals surface area (Å²) in [7, 11) is 0. The Morgan fingerprint density at radius 1 is 1.20 bits per heavy atom. The van der Waals surface area contributed by atoms with Crippen LogP contribution in [0.25, 0.3) is 0 Å². The van der Waals surface area contributed by atoms with Crippen molar-refractivity contribution in [3.05, 3.63) is 63.6 Å². The highest BCUT2D eigenvalue weighted by molar-refractivity contribution is 6.34. The summed E-state index contributed by atoms with van der Waals surface area (Å²) in [4.78, 5) is 12.5. The zero-order chi connectivity index (χ0) is 17.8. The number of rotatable bonds is 6. The topological polar surface area (TPSA) is 58.6 Å². The summed E-state index contributed by atoms with van der Waals surface area (Å²) in [6.07, 6.45) is 2.48. The van der Waals surface area contributed by atoms with E-state index < -0.39 is 6.10 Å². The van der Waals surface area contributed by atoms with Crippen LogP contribution in [-0.4, -0.2) is 23.7 Å². The van der Waals surface area contributed by atoms with E-state index in [1.165, 1.54) is 0 Å². The molecule has 0 aromatic heterocycles. The minimum absolute atomic E-state index is 0.0489. The zero-order valence-electron chi connectivity index (χ0n) is 13.5. The number of aliphatic hydroxyl groups excluding tert-OH is 1. The van der Waals surface area contributed by atoms with E-state index in [4.69, 9.17) is 27.9 Å². The monoisotopic (exact) mass is 379 g/mol. The molecule has 0 saturated heterocycles. The van der Waals surface area contributed by atoms with Crippen LogP contribution in [0, 0.1) is 0 Å². The molecule has 2 aromatic rings. The van der Waals surface area contributed by atoms with Crippen LogP contribution in [0.1, 0.15) is 41.3 Å². The second kappa shape index (κ2) is 8.09. The van der Waals surface area contributed by atoms with E-state index >= 15 is 0 Å². The fourth-order valence-corrected chi connectivity index (χ4v) is 3.14. The summed E-state index contributed by atoms with van der Waals surface area (Å²) >= 11 is 11.9. The van der Waals surface area contributed by atoms with Gasteiger partial charge in [0, 0.05) is 16.6 Å². The number of ether oxygens (including phenoxy) is 1. The standard InChI is InChI=1S/C19H19Cl2NO3/c20-13-8-12(9-14(21)10-13)17(23)11-22-19(24)16-6-1-2-7-18(16)25-15-4-3-5-15/h1-2,6-10,15,17,23H,3-5,11H2,(H,22,24). The van der Waals surface area contributed by atoms with E-state index in [2.05, 4.69) is 5.32 Å². The molecule has 1 atom stereocenters. The summed E-state index contributed by atoms with van der Waals surface area (Å²) in [5, 5.41) is 13.9. The number of benzene rings is 2. The molecule has 1 fully saturated rings. The number of nitrogens with one attached hydrogen (secondary N) is 1. The van der Waals surface area contributed by atoms with E-state index in [0.717, 1.165) is 19.3 Å². The normalized spacial score (nSPS) is 15.3. The Bertz CT molecular complexity index is 742. The largest absolute Gasteiger partial charge is 0.490 e. The molecule has 2 aromatic carbocycles. The van der Waals surface area contributed by atoms with Gasteiger partial charge in [-0.15, -0.1) is 0 Å². The third-order valence-electron chi connectivity index (χ3n) is 4.20. The molecule has 1 aliphatic rings. The molecule has 132 valence electrons. The van der Waals surface area contributed by atoms with Crippen LogP contribution in [0.5, 0.6) is 5.75 Å². The molecular weight excluding hydrogens is 361 g/mol. The van der Waals surface area contributed by atoms with Gasteiger partial charge in [-0.05, 0) is 55.2 Å². The Balaban J connectivity index is 1.64. The lowest BCUT2D eigenvalue weighted by Gasteiger charge is -2.27. The molecule has 0 bridgehead atoms. The van der Waals surface area contributed by atoms with Gasteiger partial charge in [-0.3, -0.25) is 4.79 Å². The van der Waals surface area contributed by atoms with Crippen LogP contribution in [0.3, 0.4) is 0 Å². The Hall–Kier alpha value is -1.75. The second-order valence-electron chi connectivity index (χ2n) is 6.10. The molecule has 3 rings (SSSR count). The number of hydrogen-bond donors (Lipinski definition) is 2. The maximum atomic E-state index is 12.5. The van der Waals surface area contributed by atoms with Gasteiger partial charge in [0.05, 0.1) is 17.8 Å². The predicted molar refractivity (Wildman–Crippen MR) is 98.5 cm³/mol. The first kappa shape index (κ1) is 18.1. The lowest BCUT2D eigenvalue weighted by molar-refractivity contribution is 0.0893. The Morgan fingerprint density at radius 2 is 1.88 bits per heavy atom. The van der Waals surface area contributed by atoms with Crippen molar-refractivity contribution in [2.24, 2.45) is 0 Å². The van der Waals surface area contributed by atoms with Crippen molar-refractivity contribution in [1.29, 1.82) is 0 Å². The third kappa shape index (κ3) is 4.66. The number of para-hydroxylation sites is 1. The third-order valence-corrected chi connectivity index (χ3v) is 4.64. The highest BCUT2D eigenvalue weighted by Gasteiger charge is 2.22. The van der Waals surface area contributed by atoms with Gasteiger partial charge < -0.3 is 15.2 Å². The molecule has 2 N–H and O–H groups in total. The maximum absolute atomic E-state index is 12.5. The van der Waals surface area contributed by atoms with E-state index in [-0.39, 0.29) is 18.6 Å². The molecule has 0 radical (unpaired) electrons. The molecular formula is C19H19Cl2NO3. The van der Waals surface area contributed by atoms with E-state index in [1.807, 2.05) is 6.07 Å². The van der Waals surface area contributed by atoms with Gasteiger partial charge >= 0.3 is 0 Å². The molecule has 1 saturated carbocycles. The first-order valence-electron chi connectivity index (χ1n) is 8.21. The molecule has 25 heavy (non-hydrogen) atoms. The average molecular weight is 380 g/mol. The van der Waals surface area contributed by atoms with Gasteiger partial charge in [0.1, 0.15) is 5.75 Å². The van der Waals surface area contributed by atoms with Crippen LogP contribution in [0.4, 0.5) is 0 Å². The second-order valence-corrected chi connectivity index (χ2v) is 6.97. The number of carbonyl (C=O) groups excluding carboxylic acids is 1. The predicted octanol–water partition coefficient (Wildman–Crippen LogP) is 4.39. The van der Waals surface area contributed by atoms with Gasteiger partial charge in [-0.1, -0.05) is 35.3 Å². The lowest BCUT2D eigenvalue weighted by atomic mass is 9.96. The summed E-state index contributed by atoms with van der Waals surface area (Å²) in [6, 6.07) is 12.0. The summed E-state index contributed by atoms with van der Waals surface area (Å²) < 4.78 is 5.87. The van der Waals surface area contributed by atoms with Crippen LogP contribution >= 0.6 is 23.2 Å². The molecule has 1 aliphatic carbocycles. The first-order chi connectivity index (χ1) is 12.0. The van der Waals surface area contributed by atoms with Crippen LogP contribution < -0.4 is 10.1 Å². The van der Waals surface area contributed by atoms with Crippen molar-refractivity contribution >= 4 is 29.1 Å². The molecule has 0 heterocycles. The summed E-state index contributed by atoms with van der Waals surface area (Å²) in [5.41, 5.74) is 1.02. The molecule has 0 aliphatic heterocycles. The number of carbonyl (C=O) groups is 1. The Kier molecular flexibility index (Phi) is 5.84. The van der Waals surface area contributed by atoms with Gasteiger partial charge in [-0.2, -0.15) is 0 Å². The summed E-state index contributed by atoms with van der Waals surface area (Å²) in [6.45, 7) is 0.0489. The number of amides is 1. The SMILES string of the molecule is O=C(NCC(O)c1cc(Cl)cc(Cl)c1)c1ccccc1OC1CCC1. The summed E-state index contributed by atoms with van der Waals surface area (Å²) in [5.74, 6) is 0.284. The highest BCUT2D eigenvalue weighted by Crippen LogP contribution is 2.28. The molecule has 0 spiro atoms. The smallest absolute Gasteiger partial charge is 0.255 e. The minimum atomic E-state index is -0.903. The quantitative estimate of drug-likeness (QED) is 0.782.